The minimum Gasteiger partial charge on any atom is -0.366 e. The van der Waals surface area contributed by atoms with Gasteiger partial charge in [-0.3, -0.25) is 4.40 Å². The fourth-order valence-electron chi connectivity index (χ4n) is 3.92. The number of hydrogen-bond donors (Lipinski definition) is 1. The second-order valence-electron chi connectivity index (χ2n) is 8.15. The quantitative estimate of drug-likeness (QED) is 0.784. The van der Waals surface area contributed by atoms with Crippen LogP contribution in [-0.2, 0) is 5.41 Å². The highest BCUT2D eigenvalue weighted by Gasteiger charge is 2.39. The van der Waals surface area contributed by atoms with Crippen LogP contribution < -0.4 is 5.32 Å². The summed E-state index contributed by atoms with van der Waals surface area (Å²) in [4.78, 5) is 11.8. The van der Waals surface area contributed by atoms with E-state index in [4.69, 9.17) is 4.98 Å². The highest BCUT2D eigenvalue weighted by molar-refractivity contribution is 5.62. The molecule has 1 atom stereocenters. The summed E-state index contributed by atoms with van der Waals surface area (Å²) in [5, 5.41) is 3.58. The van der Waals surface area contributed by atoms with Gasteiger partial charge in [0.05, 0.1) is 17.6 Å². The maximum Gasteiger partial charge on any atom is 0.137 e. The highest BCUT2D eigenvalue weighted by Crippen LogP contribution is 2.47. The van der Waals surface area contributed by atoms with Gasteiger partial charge in [-0.2, -0.15) is 0 Å². The lowest BCUT2D eigenvalue weighted by atomic mass is 10.0. The highest BCUT2D eigenvalue weighted by atomic mass is 15.2. The van der Waals surface area contributed by atoms with Crippen LogP contribution in [0.1, 0.15) is 31.7 Å². The number of aromatic nitrogens is 3. The minimum atomic E-state index is 0.348. The number of rotatable bonds is 4. The molecule has 3 aromatic heterocycles. The minimum absolute atomic E-state index is 0.348. The molecule has 0 bridgehead atoms. The van der Waals surface area contributed by atoms with E-state index in [1.807, 2.05) is 6.20 Å². The van der Waals surface area contributed by atoms with Crippen molar-refractivity contribution in [1.82, 2.24) is 19.3 Å². The Hall–Kier alpha value is -2.40. The molecule has 2 aliphatic rings. The number of nitrogens with one attached hydrogen (secondary N) is 1. The number of likely N-dealkylation sites (tertiary alicyclic amines) is 1. The van der Waals surface area contributed by atoms with Gasteiger partial charge in [0.15, 0.2) is 0 Å². The summed E-state index contributed by atoms with van der Waals surface area (Å²) < 4.78 is 2.19. The van der Waals surface area contributed by atoms with Gasteiger partial charge in [0.25, 0.3) is 0 Å². The Labute approximate surface area is 154 Å². The second kappa shape index (κ2) is 5.81. The van der Waals surface area contributed by atoms with Gasteiger partial charge in [0, 0.05) is 18.8 Å². The third-order valence-electron chi connectivity index (χ3n) is 5.96. The fraction of sp³-hybridized carbons (Fsp3) is 0.429. The van der Waals surface area contributed by atoms with Gasteiger partial charge in [0.1, 0.15) is 11.5 Å². The molecule has 134 valence electrons. The summed E-state index contributed by atoms with van der Waals surface area (Å²) >= 11 is 0. The van der Waals surface area contributed by atoms with Crippen LogP contribution in [0.5, 0.6) is 0 Å². The number of hydrogen-bond acceptors (Lipinski definition) is 4. The predicted octanol–water partition coefficient (Wildman–Crippen LogP) is 3.56. The van der Waals surface area contributed by atoms with Gasteiger partial charge in [-0.25, -0.2) is 9.97 Å². The molecule has 0 amide bonds. The lowest BCUT2D eigenvalue weighted by Gasteiger charge is -2.14. The Kier molecular flexibility index (Phi) is 3.54. The van der Waals surface area contributed by atoms with Gasteiger partial charge in [0.2, 0.25) is 0 Å². The van der Waals surface area contributed by atoms with Crippen molar-refractivity contribution in [3.63, 3.8) is 0 Å². The van der Waals surface area contributed by atoms with E-state index in [0.29, 0.717) is 11.5 Å². The molecule has 3 aromatic rings. The van der Waals surface area contributed by atoms with Crippen molar-refractivity contribution in [3.05, 3.63) is 48.3 Å². The molecule has 1 unspecified atom stereocenters. The number of imidazole rings is 1. The number of pyridine rings is 2. The summed E-state index contributed by atoms with van der Waals surface area (Å²) in [5.74, 6) is 0.947. The summed E-state index contributed by atoms with van der Waals surface area (Å²) in [7, 11) is 2.17. The zero-order valence-corrected chi connectivity index (χ0v) is 15.4. The smallest absolute Gasteiger partial charge is 0.137 e. The molecule has 1 N–H and O–H groups in total. The van der Waals surface area contributed by atoms with Crippen LogP contribution >= 0.6 is 0 Å². The molecule has 26 heavy (non-hydrogen) atoms. The largest absolute Gasteiger partial charge is 0.366 e. The molecule has 5 rings (SSSR count). The van der Waals surface area contributed by atoms with Crippen LogP contribution in [0, 0.1) is 0 Å². The Morgan fingerprint density at radius 2 is 2.08 bits per heavy atom. The first-order valence-corrected chi connectivity index (χ1v) is 9.51. The van der Waals surface area contributed by atoms with E-state index in [-0.39, 0.29) is 0 Å². The molecule has 5 heteroatoms. The Morgan fingerprint density at radius 1 is 1.19 bits per heavy atom. The monoisotopic (exact) mass is 347 g/mol. The predicted molar refractivity (Wildman–Crippen MR) is 105 cm³/mol. The van der Waals surface area contributed by atoms with Gasteiger partial charge < -0.3 is 10.2 Å². The lowest BCUT2D eigenvalue weighted by Crippen LogP contribution is -2.23. The van der Waals surface area contributed by atoms with Crippen LogP contribution in [0.15, 0.2) is 42.7 Å². The zero-order chi connectivity index (χ0) is 17.7. The van der Waals surface area contributed by atoms with E-state index in [2.05, 4.69) is 70.1 Å². The van der Waals surface area contributed by atoms with Gasteiger partial charge in [-0.15, -0.1) is 0 Å². The Bertz CT molecular complexity index is 956. The summed E-state index contributed by atoms with van der Waals surface area (Å²) in [5.41, 5.74) is 4.74. The van der Waals surface area contributed by atoms with Crippen LogP contribution in [-0.4, -0.2) is 45.4 Å². The molecule has 0 aromatic carbocycles. The Morgan fingerprint density at radius 3 is 2.85 bits per heavy atom. The van der Waals surface area contributed by atoms with E-state index in [1.54, 1.807) is 0 Å². The lowest BCUT2D eigenvalue weighted by molar-refractivity contribution is 0.414. The number of nitrogens with zero attached hydrogens (tertiary/aromatic N) is 4. The summed E-state index contributed by atoms with van der Waals surface area (Å²) in [6.45, 7) is 4.56. The van der Waals surface area contributed by atoms with Crippen LogP contribution in [0.25, 0.3) is 17.0 Å². The topological polar surface area (TPSA) is 45.5 Å². The molecule has 0 radical (unpaired) electrons. The van der Waals surface area contributed by atoms with Crippen molar-refractivity contribution in [2.45, 2.75) is 37.6 Å². The van der Waals surface area contributed by atoms with Crippen molar-refractivity contribution >= 4 is 11.5 Å². The molecular weight excluding hydrogens is 322 g/mol. The third-order valence-corrected chi connectivity index (χ3v) is 5.96. The van der Waals surface area contributed by atoms with E-state index in [0.717, 1.165) is 35.9 Å². The van der Waals surface area contributed by atoms with Crippen molar-refractivity contribution in [1.29, 1.82) is 0 Å². The third kappa shape index (κ3) is 2.76. The molecular formula is C21H25N5. The average Bonchev–Trinajstić information content (AvgIpc) is 3.07. The first kappa shape index (κ1) is 15.8. The van der Waals surface area contributed by atoms with Crippen molar-refractivity contribution in [2.75, 3.05) is 25.5 Å². The van der Waals surface area contributed by atoms with Crippen molar-refractivity contribution in [2.24, 2.45) is 0 Å². The normalized spacial score (nSPS) is 22.0. The van der Waals surface area contributed by atoms with Gasteiger partial charge in [-0.05, 0) is 62.0 Å². The second-order valence-corrected chi connectivity index (χ2v) is 8.15. The number of fused-ring (bicyclic) bond motifs is 1. The van der Waals surface area contributed by atoms with Crippen molar-refractivity contribution in [3.8, 4) is 11.4 Å². The first-order chi connectivity index (χ1) is 12.6. The van der Waals surface area contributed by atoms with Crippen LogP contribution in [0.3, 0.4) is 0 Å². The molecule has 1 saturated carbocycles. The molecule has 4 heterocycles. The van der Waals surface area contributed by atoms with Gasteiger partial charge >= 0.3 is 0 Å². The SMILES string of the molecule is CN1CCC(Nc2cccc(-c3cnc4ccc(C5(C)CC5)cn34)n2)C1. The van der Waals surface area contributed by atoms with Crippen molar-refractivity contribution < 1.29 is 0 Å². The molecule has 5 nitrogen and oxygen atoms in total. The summed E-state index contributed by atoms with van der Waals surface area (Å²) in [6, 6.07) is 11.0. The van der Waals surface area contributed by atoms with E-state index in [1.165, 1.54) is 24.8 Å². The first-order valence-electron chi connectivity index (χ1n) is 9.51. The maximum absolute atomic E-state index is 4.87. The van der Waals surface area contributed by atoms with E-state index < -0.39 is 0 Å². The summed E-state index contributed by atoms with van der Waals surface area (Å²) in [6.07, 6.45) is 7.90. The molecule has 1 aliphatic carbocycles. The zero-order valence-electron chi connectivity index (χ0n) is 15.4. The molecule has 1 aliphatic heterocycles. The number of likely N-dealkylation sites (N-methyl/N-ethyl adjacent to an activating group) is 1. The standard InChI is InChI=1S/C21H25N5/c1-21(9-10-21)15-6-7-20-22-12-18(26(20)13-15)17-4-3-5-19(24-17)23-16-8-11-25(2)14-16/h3-7,12-13,16H,8-11,14H2,1-2H3,(H,23,24). The van der Waals surface area contributed by atoms with Gasteiger partial charge in [-0.1, -0.05) is 19.1 Å². The average molecular weight is 347 g/mol. The molecule has 1 saturated heterocycles. The Balaban J connectivity index is 1.48. The molecule has 2 fully saturated rings. The van der Waals surface area contributed by atoms with E-state index in [9.17, 15) is 0 Å². The van der Waals surface area contributed by atoms with Crippen LogP contribution in [0.4, 0.5) is 5.82 Å². The van der Waals surface area contributed by atoms with E-state index >= 15 is 0 Å². The van der Waals surface area contributed by atoms with Crippen LogP contribution in [0.2, 0.25) is 0 Å². The maximum atomic E-state index is 4.87. The molecule has 0 spiro atoms. The number of anilines is 1. The fourth-order valence-corrected chi connectivity index (χ4v) is 3.92.